The third-order valence-electron chi connectivity index (χ3n) is 8.21. The minimum Gasteiger partial charge on any atom is -0.497 e. The standard InChI is InChI=1S/C35H45N3O5S/c1-27-16-18-29(19-17-27)26-37(33(25-28-11-6-4-7-12-28)35(40)36-30-13-8-5-9-14-30)34(39)15-10-24-38(44(3,41)42)31-20-22-32(43-2)23-21-31/h4,6-7,11-12,16-23,30,33H,5,8-10,13-15,24-26H2,1-3H3,(H,36,40)/t33-/m1/s1. The molecule has 0 bridgehead atoms. The van der Waals surface area contributed by atoms with Crippen LogP contribution in [0, 0.1) is 6.92 Å². The Hall–Kier alpha value is -3.85. The van der Waals surface area contributed by atoms with Gasteiger partial charge in [0, 0.05) is 32.0 Å². The Bertz CT molecular complexity index is 1450. The first-order valence-corrected chi connectivity index (χ1v) is 17.3. The monoisotopic (exact) mass is 619 g/mol. The van der Waals surface area contributed by atoms with Gasteiger partial charge in [-0.3, -0.25) is 13.9 Å². The fourth-order valence-electron chi connectivity index (χ4n) is 5.74. The van der Waals surface area contributed by atoms with Gasteiger partial charge in [0.1, 0.15) is 11.8 Å². The average molecular weight is 620 g/mol. The number of nitrogens with zero attached hydrogens (tertiary/aromatic N) is 2. The number of methoxy groups -OCH3 is 1. The van der Waals surface area contributed by atoms with Crippen molar-refractivity contribution in [1.29, 1.82) is 0 Å². The van der Waals surface area contributed by atoms with E-state index in [1.54, 1.807) is 36.3 Å². The molecule has 4 rings (SSSR count). The maximum Gasteiger partial charge on any atom is 0.243 e. The maximum absolute atomic E-state index is 14.1. The van der Waals surface area contributed by atoms with Crippen LogP contribution in [-0.4, -0.2) is 57.1 Å². The fraction of sp³-hybridized carbons (Fsp3) is 0.429. The second-order valence-corrected chi connectivity index (χ2v) is 13.6. The number of anilines is 1. The van der Waals surface area contributed by atoms with Crippen LogP contribution in [0.15, 0.2) is 78.9 Å². The van der Waals surface area contributed by atoms with Gasteiger partial charge < -0.3 is 15.0 Å². The number of hydrogen-bond donors (Lipinski definition) is 1. The second kappa shape index (κ2) is 15.7. The van der Waals surface area contributed by atoms with Crippen molar-refractivity contribution in [1.82, 2.24) is 10.2 Å². The van der Waals surface area contributed by atoms with Crippen LogP contribution in [-0.2, 0) is 32.6 Å². The first-order chi connectivity index (χ1) is 21.1. The number of carbonyl (C=O) groups excluding carboxylic acids is 2. The first kappa shape index (κ1) is 33.1. The number of benzene rings is 3. The molecule has 0 radical (unpaired) electrons. The van der Waals surface area contributed by atoms with Crippen LogP contribution in [0.2, 0.25) is 0 Å². The lowest BCUT2D eigenvalue weighted by Gasteiger charge is -2.34. The van der Waals surface area contributed by atoms with E-state index in [1.807, 2.05) is 61.5 Å². The molecule has 3 aromatic rings. The summed E-state index contributed by atoms with van der Waals surface area (Å²) in [7, 11) is -2.04. The van der Waals surface area contributed by atoms with Crippen molar-refractivity contribution in [3.63, 3.8) is 0 Å². The molecule has 2 amide bonds. The van der Waals surface area contributed by atoms with Crippen molar-refractivity contribution in [2.24, 2.45) is 0 Å². The largest absolute Gasteiger partial charge is 0.497 e. The van der Waals surface area contributed by atoms with E-state index in [0.717, 1.165) is 48.6 Å². The van der Waals surface area contributed by atoms with Crippen LogP contribution >= 0.6 is 0 Å². The van der Waals surface area contributed by atoms with Crippen LogP contribution < -0.4 is 14.4 Å². The van der Waals surface area contributed by atoms with E-state index in [1.165, 1.54) is 10.7 Å². The van der Waals surface area contributed by atoms with Gasteiger partial charge in [0.05, 0.1) is 19.1 Å². The zero-order valence-corrected chi connectivity index (χ0v) is 26.9. The summed E-state index contributed by atoms with van der Waals surface area (Å²) in [5.41, 5.74) is 3.53. The van der Waals surface area contributed by atoms with Gasteiger partial charge in [-0.05, 0) is 61.6 Å². The maximum atomic E-state index is 14.1. The lowest BCUT2D eigenvalue weighted by atomic mass is 9.94. The molecule has 0 unspecified atom stereocenters. The summed E-state index contributed by atoms with van der Waals surface area (Å²) >= 11 is 0. The number of nitrogens with one attached hydrogen (secondary N) is 1. The van der Waals surface area contributed by atoms with Crippen molar-refractivity contribution >= 4 is 27.5 Å². The van der Waals surface area contributed by atoms with Crippen molar-refractivity contribution in [3.05, 3.63) is 95.6 Å². The molecule has 1 atom stereocenters. The lowest BCUT2D eigenvalue weighted by molar-refractivity contribution is -0.141. The zero-order valence-electron chi connectivity index (χ0n) is 26.1. The number of aryl methyl sites for hydroxylation is 1. The van der Waals surface area contributed by atoms with Gasteiger partial charge in [0.25, 0.3) is 0 Å². The summed E-state index contributed by atoms with van der Waals surface area (Å²) in [5, 5.41) is 3.26. The molecule has 236 valence electrons. The minimum atomic E-state index is -3.59. The smallest absolute Gasteiger partial charge is 0.243 e. The van der Waals surface area contributed by atoms with Crippen LogP contribution in [0.5, 0.6) is 5.75 Å². The van der Waals surface area contributed by atoms with Crippen LogP contribution in [0.1, 0.15) is 61.6 Å². The molecule has 1 aliphatic rings. The normalized spacial score (nSPS) is 14.4. The van der Waals surface area contributed by atoms with Crippen LogP contribution in [0.4, 0.5) is 5.69 Å². The Kier molecular flexibility index (Phi) is 11.8. The molecule has 9 heteroatoms. The fourth-order valence-corrected chi connectivity index (χ4v) is 6.71. The van der Waals surface area contributed by atoms with Gasteiger partial charge in [-0.15, -0.1) is 0 Å². The number of rotatable bonds is 14. The number of amides is 2. The number of ether oxygens (including phenoxy) is 1. The van der Waals surface area contributed by atoms with E-state index in [4.69, 9.17) is 4.74 Å². The van der Waals surface area contributed by atoms with E-state index in [-0.39, 0.29) is 37.4 Å². The van der Waals surface area contributed by atoms with Crippen molar-refractivity contribution in [2.75, 3.05) is 24.2 Å². The van der Waals surface area contributed by atoms with Crippen LogP contribution in [0.25, 0.3) is 0 Å². The summed E-state index contributed by atoms with van der Waals surface area (Å²) in [4.78, 5) is 29.7. The van der Waals surface area contributed by atoms with Gasteiger partial charge in [-0.1, -0.05) is 79.4 Å². The highest BCUT2D eigenvalue weighted by Gasteiger charge is 2.32. The quantitative estimate of drug-likeness (QED) is 0.252. The minimum absolute atomic E-state index is 0.0933. The number of carbonyl (C=O) groups is 2. The van der Waals surface area contributed by atoms with Crippen molar-refractivity contribution in [2.45, 2.75) is 76.9 Å². The summed E-state index contributed by atoms with van der Waals surface area (Å²) in [5.74, 6) is 0.297. The van der Waals surface area contributed by atoms with E-state index < -0.39 is 16.1 Å². The Morgan fingerprint density at radius 3 is 2.18 bits per heavy atom. The van der Waals surface area contributed by atoms with Gasteiger partial charge in [0.15, 0.2) is 0 Å². The Balaban J connectivity index is 1.57. The summed E-state index contributed by atoms with van der Waals surface area (Å²) in [6.07, 6.45) is 7.19. The highest BCUT2D eigenvalue weighted by Crippen LogP contribution is 2.24. The molecule has 0 aliphatic heterocycles. The molecule has 44 heavy (non-hydrogen) atoms. The molecule has 1 saturated carbocycles. The van der Waals surface area contributed by atoms with Crippen LogP contribution in [0.3, 0.4) is 0 Å². The van der Waals surface area contributed by atoms with Gasteiger partial charge in [-0.25, -0.2) is 8.42 Å². The first-order valence-electron chi connectivity index (χ1n) is 15.4. The number of hydrogen-bond acceptors (Lipinski definition) is 5. The molecule has 0 heterocycles. The molecule has 1 N–H and O–H groups in total. The topological polar surface area (TPSA) is 96.0 Å². The average Bonchev–Trinajstić information content (AvgIpc) is 3.02. The molecule has 1 aliphatic carbocycles. The molecule has 1 fully saturated rings. The summed E-state index contributed by atoms with van der Waals surface area (Å²) in [6.45, 7) is 2.43. The second-order valence-electron chi connectivity index (χ2n) is 11.7. The Labute approximate surface area is 262 Å². The molecular weight excluding hydrogens is 574 g/mol. The van der Waals surface area contributed by atoms with Gasteiger partial charge in [-0.2, -0.15) is 0 Å². The molecule has 0 aromatic heterocycles. The summed E-state index contributed by atoms with van der Waals surface area (Å²) < 4.78 is 31.9. The third-order valence-corrected chi connectivity index (χ3v) is 9.40. The van der Waals surface area contributed by atoms with E-state index in [9.17, 15) is 18.0 Å². The molecule has 0 spiro atoms. The Morgan fingerprint density at radius 1 is 0.909 bits per heavy atom. The predicted molar refractivity (Wildman–Crippen MR) is 175 cm³/mol. The van der Waals surface area contributed by atoms with Crippen molar-refractivity contribution < 1.29 is 22.7 Å². The molecular formula is C35H45N3O5S. The number of sulfonamides is 1. The zero-order chi connectivity index (χ0) is 31.5. The summed E-state index contributed by atoms with van der Waals surface area (Å²) in [6, 6.07) is 24.0. The lowest BCUT2D eigenvalue weighted by Crippen LogP contribution is -2.52. The highest BCUT2D eigenvalue weighted by molar-refractivity contribution is 7.92. The van der Waals surface area contributed by atoms with Crippen molar-refractivity contribution in [3.8, 4) is 5.75 Å². The molecule has 0 saturated heterocycles. The van der Waals surface area contributed by atoms with Gasteiger partial charge >= 0.3 is 0 Å². The molecule has 3 aromatic carbocycles. The highest BCUT2D eigenvalue weighted by atomic mass is 32.2. The van der Waals surface area contributed by atoms with E-state index >= 15 is 0 Å². The predicted octanol–water partition coefficient (Wildman–Crippen LogP) is 5.64. The third kappa shape index (κ3) is 9.58. The van der Waals surface area contributed by atoms with E-state index in [2.05, 4.69) is 5.32 Å². The SMILES string of the molecule is COc1ccc(N(CCCC(=O)N(Cc2ccc(C)cc2)[C@H](Cc2ccccc2)C(=O)NC2CCCCC2)S(C)(=O)=O)cc1. The van der Waals surface area contributed by atoms with Gasteiger partial charge in [0.2, 0.25) is 21.8 Å². The molecule has 8 nitrogen and oxygen atoms in total. The Morgan fingerprint density at radius 2 is 1.57 bits per heavy atom. The van der Waals surface area contributed by atoms with E-state index in [0.29, 0.717) is 24.3 Å².